The van der Waals surface area contributed by atoms with E-state index in [1.165, 1.54) is 12.0 Å². The molecule has 1 saturated heterocycles. The van der Waals surface area contributed by atoms with Crippen molar-refractivity contribution in [2.75, 3.05) is 6.61 Å². The van der Waals surface area contributed by atoms with Crippen molar-refractivity contribution in [3.05, 3.63) is 35.9 Å². The number of hydrogen-bond acceptors (Lipinski definition) is 2. The van der Waals surface area contributed by atoms with Gasteiger partial charge in [-0.25, -0.2) is 0 Å². The smallest absolute Gasteiger partial charge is 0.159 e. The predicted octanol–water partition coefficient (Wildman–Crippen LogP) is 4.41. The van der Waals surface area contributed by atoms with Gasteiger partial charge in [0.15, 0.2) is 6.29 Å². The minimum atomic E-state index is -1.38. The molecule has 1 fully saturated rings. The molecule has 0 aliphatic carbocycles. The Labute approximate surface area is 136 Å². The zero-order valence-electron chi connectivity index (χ0n) is 14.1. The second-order valence-electron chi connectivity index (χ2n) is 6.96. The first-order chi connectivity index (χ1) is 10.5. The van der Waals surface area contributed by atoms with Gasteiger partial charge in [-0.2, -0.15) is 0 Å². The van der Waals surface area contributed by atoms with Gasteiger partial charge in [0.1, 0.15) is 14.2 Å². The number of rotatable bonds is 5. The second kappa shape index (κ2) is 8.52. The molecule has 0 saturated carbocycles. The van der Waals surface area contributed by atoms with Crippen molar-refractivity contribution in [2.45, 2.75) is 64.1 Å². The van der Waals surface area contributed by atoms with Crippen molar-refractivity contribution in [1.82, 2.24) is 0 Å². The second-order valence-corrected chi connectivity index (χ2v) is 11.7. The molecular formula is C19H28O2Si. The van der Waals surface area contributed by atoms with Gasteiger partial charge >= 0.3 is 0 Å². The molecule has 3 heteroatoms. The lowest BCUT2D eigenvalue weighted by Gasteiger charge is -2.25. The molecule has 1 aliphatic rings. The highest BCUT2D eigenvalue weighted by molar-refractivity contribution is 6.83. The van der Waals surface area contributed by atoms with E-state index in [1.807, 2.05) is 0 Å². The summed E-state index contributed by atoms with van der Waals surface area (Å²) in [5.74, 6) is 3.39. The molecule has 2 unspecified atom stereocenters. The maximum atomic E-state index is 6.13. The lowest BCUT2D eigenvalue weighted by Crippen LogP contribution is -2.28. The fraction of sp³-hybridized carbons (Fsp3) is 0.579. The highest BCUT2D eigenvalue weighted by atomic mass is 28.3. The van der Waals surface area contributed by atoms with Gasteiger partial charge in [0.05, 0.1) is 0 Å². The van der Waals surface area contributed by atoms with E-state index in [9.17, 15) is 0 Å². The average molecular weight is 317 g/mol. The molecule has 0 bridgehead atoms. The third-order valence-corrected chi connectivity index (χ3v) is 4.49. The molecule has 2 atom stereocenters. The first-order valence-electron chi connectivity index (χ1n) is 8.37. The van der Waals surface area contributed by atoms with Gasteiger partial charge < -0.3 is 9.47 Å². The van der Waals surface area contributed by atoms with Crippen LogP contribution in [0.1, 0.15) is 31.2 Å². The van der Waals surface area contributed by atoms with Gasteiger partial charge in [0.25, 0.3) is 0 Å². The summed E-state index contributed by atoms with van der Waals surface area (Å²) in [5.41, 5.74) is 4.80. The van der Waals surface area contributed by atoms with Gasteiger partial charge in [0, 0.05) is 6.61 Å². The van der Waals surface area contributed by atoms with Crippen LogP contribution in [0, 0.1) is 11.5 Å². The normalized spacial score (nSPS) is 20.0. The van der Waals surface area contributed by atoms with Crippen LogP contribution in [0.5, 0.6) is 0 Å². The Morgan fingerprint density at radius 1 is 1.23 bits per heavy atom. The third-order valence-electron chi connectivity index (χ3n) is 3.60. The monoisotopic (exact) mass is 316 g/mol. The summed E-state index contributed by atoms with van der Waals surface area (Å²) in [7, 11) is -1.38. The van der Waals surface area contributed by atoms with Crippen molar-refractivity contribution >= 4 is 8.07 Å². The minimum Gasteiger partial charge on any atom is -0.353 e. The van der Waals surface area contributed by atoms with Gasteiger partial charge in [0.2, 0.25) is 0 Å². The summed E-state index contributed by atoms with van der Waals surface area (Å²) in [6.07, 6.45) is 5.18. The Balaban J connectivity index is 1.95. The molecule has 0 N–H and O–H groups in total. The molecule has 2 rings (SSSR count). The van der Waals surface area contributed by atoms with E-state index in [0.29, 0.717) is 0 Å². The molecule has 0 amide bonds. The van der Waals surface area contributed by atoms with Crippen LogP contribution in [-0.4, -0.2) is 27.1 Å². The van der Waals surface area contributed by atoms with Crippen molar-refractivity contribution in [2.24, 2.45) is 0 Å². The van der Waals surface area contributed by atoms with E-state index in [1.54, 1.807) is 0 Å². The molecule has 1 aromatic carbocycles. The zero-order chi connectivity index (χ0) is 15.8. The summed E-state index contributed by atoms with van der Waals surface area (Å²) >= 11 is 0. The summed E-state index contributed by atoms with van der Waals surface area (Å²) in [4.78, 5) is 0. The largest absolute Gasteiger partial charge is 0.353 e. The summed E-state index contributed by atoms with van der Waals surface area (Å²) < 4.78 is 11.8. The fourth-order valence-corrected chi connectivity index (χ4v) is 3.01. The highest BCUT2D eigenvalue weighted by Crippen LogP contribution is 2.17. The molecule has 120 valence electrons. The standard InChI is InChI=1S/C19H28O2Si/c1-22(2,3)16-14-18(21-19-11-7-8-15-20-19)13-12-17-9-5-4-6-10-17/h4-6,9-10,18-19H,7-8,11-13,15H2,1-3H3. The van der Waals surface area contributed by atoms with Crippen molar-refractivity contribution in [3.63, 3.8) is 0 Å². The van der Waals surface area contributed by atoms with Crippen molar-refractivity contribution < 1.29 is 9.47 Å². The third kappa shape index (κ3) is 6.78. The fourth-order valence-electron chi connectivity index (χ4n) is 2.42. The Morgan fingerprint density at radius 3 is 2.64 bits per heavy atom. The molecule has 1 aliphatic heterocycles. The topological polar surface area (TPSA) is 18.5 Å². The molecule has 1 heterocycles. The van der Waals surface area contributed by atoms with E-state index >= 15 is 0 Å². The SMILES string of the molecule is C[Si](C)(C)C#CC(CCc1ccccc1)OC1CCCCO1. The molecule has 0 radical (unpaired) electrons. The van der Waals surface area contributed by atoms with Crippen LogP contribution in [0.2, 0.25) is 19.6 Å². The lowest BCUT2D eigenvalue weighted by atomic mass is 10.1. The molecule has 0 aromatic heterocycles. The van der Waals surface area contributed by atoms with Crippen LogP contribution in [0.3, 0.4) is 0 Å². The Kier molecular flexibility index (Phi) is 6.69. The van der Waals surface area contributed by atoms with Gasteiger partial charge in [-0.05, 0) is 37.7 Å². The number of benzene rings is 1. The average Bonchev–Trinajstić information content (AvgIpc) is 2.51. The van der Waals surface area contributed by atoms with Crippen LogP contribution in [0.25, 0.3) is 0 Å². The minimum absolute atomic E-state index is 0.0185. The molecule has 1 aromatic rings. The maximum Gasteiger partial charge on any atom is 0.159 e. The maximum absolute atomic E-state index is 6.13. The first-order valence-corrected chi connectivity index (χ1v) is 11.9. The highest BCUT2D eigenvalue weighted by Gasteiger charge is 2.19. The van der Waals surface area contributed by atoms with Crippen molar-refractivity contribution in [3.8, 4) is 11.5 Å². The van der Waals surface area contributed by atoms with Gasteiger partial charge in [-0.15, -0.1) is 5.54 Å². The van der Waals surface area contributed by atoms with Crippen LogP contribution in [0.15, 0.2) is 30.3 Å². The summed E-state index contributed by atoms with van der Waals surface area (Å²) in [6, 6.07) is 10.6. The summed E-state index contributed by atoms with van der Waals surface area (Å²) in [6.45, 7) is 7.62. The number of aryl methyl sites for hydroxylation is 1. The lowest BCUT2D eigenvalue weighted by molar-refractivity contribution is -0.177. The zero-order valence-corrected chi connectivity index (χ0v) is 15.1. The van der Waals surface area contributed by atoms with E-state index in [-0.39, 0.29) is 12.4 Å². The van der Waals surface area contributed by atoms with E-state index < -0.39 is 8.07 Å². The Hall–Kier alpha value is -1.08. The van der Waals surface area contributed by atoms with Crippen LogP contribution < -0.4 is 0 Å². The van der Waals surface area contributed by atoms with Crippen LogP contribution >= 0.6 is 0 Å². The first kappa shape index (κ1) is 17.3. The number of ether oxygens (including phenoxy) is 2. The predicted molar refractivity (Wildman–Crippen MR) is 94.3 cm³/mol. The van der Waals surface area contributed by atoms with Gasteiger partial charge in [-0.3, -0.25) is 0 Å². The van der Waals surface area contributed by atoms with Crippen molar-refractivity contribution in [1.29, 1.82) is 0 Å². The van der Waals surface area contributed by atoms with Crippen LogP contribution in [-0.2, 0) is 15.9 Å². The van der Waals surface area contributed by atoms with E-state index in [2.05, 4.69) is 61.4 Å². The van der Waals surface area contributed by atoms with Gasteiger partial charge in [-0.1, -0.05) is 55.9 Å². The molecule has 0 spiro atoms. The van der Waals surface area contributed by atoms with E-state index in [0.717, 1.165) is 32.3 Å². The molecule has 2 nitrogen and oxygen atoms in total. The van der Waals surface area contributed by atoms with Crippen LogP contribution in [0.4, 0.5) is 0 Å². The number of hydrogen-bond donors (Lipinski definition) is 0. The molecular weight excluding hydrogens is 288 g/mol. The Bertz CT molecular complexity index is 490. The summed E-state index contributed by atoms with van der Waals surface area (Å²) in [5, 5.41) is 0. The quantitative estimate of drug-likeness (QED) is 0.591. The Morgan fingerprint density at radius 2 is 2.00 bits per heavy atom. The molecule has 22 heavy (non-hydrogen) atoms. The van der Waals surface area contributed by atoms with E-state index in [4.69, 9.17) is 9.47 Å².